The molecule has 0 radical (unpaired) electrons. The first-order chi connectivity index (χ1) is 11.2. The van der Waals surface area contributed by atoms with E-state index in [1.165, 1.54) is 6.07 Å². The molecular weight excluding hydrogens is 293 g/mol. The van der Waals surface area contributed by atoms with Gasteiger partial charge in [-0.05, 0) is 36.9 Å². The Bertz CT molecular complexity index is 643. The molecule has 3 rings (SSSR count). The van der Waals surface area contributed by atoms with E-state index in [0.717, 1.165) is 43.7 Å². The average molecular weight is 317 g/mol. The summed E-state index contributed by atoms with van der Waals surface area (Å²) in [5.41, 5.74) is 1.87. The first kappa shape index (κ1) is 16.1. The van der Waals surface area contributed by atoms with Crippen molar-refractivity contribution in [2.75, 3.05) is 20.2 Å². The topological polar surface area (TPSA) is 30.3 Å². The second kappa shape index (κ2) is 7.23. The van der Waals surface area contributed by atoms with Crippen molar-refractivity contribution in [2.45, 2.75) is 25.5 Å². The van der Waals surface area contributed by atoms with Gasteiger partial charge in [-0.3, -0.25) is 4.90 Å². The molecule has 4 nitrogen and oxygen atoms in total. The first-order valence-electron chi connectivity index (χ1n) is 8.11. The minimum atomic E-state index is -0.113. The van der Waals surface area contributed by atoms with Crippen LogP contribution in [0.2, 0.25) is 0 Å². The predicted octanol–water partition coefficient (Wildman–Crippen LogP) is 2.64. The van der Waals surface area contributed by atoms with E-state index in [-0.39, 0.29) is 11.9 Å². The lowest BCUT2D eigenvalue weighted by molar-refractivity contribution is -0.0141. The fraction of sp³-hybridized carbons (Fsp3) is 0.500. The van der Waals surface area contributed by atoms with E-state index >= 15 is 0 Å². The monoisotopic (exact) mass is 317 g/mol. The van der Waals surface area contributed by atoms with Crippen molar-refractivity contribution in [2.24, 2.45) is 13.0 Å². The zero-order valence-electron chi connectivity index (χ0n) is 13.8. The van der Waals surface area contributed by atoms with Crippen molar-refractivity contribution in [3.05, 3.63) is 53.9 Å². The molecule has 1 saturated heterocycles. The summed E-state index contributed by atoms with van der Waals surface area (Å²) in [5, 5.41) is 0. The van der Waals surface area contributed by atoms with Crippen molar-refractivity contribution in [1.82, 2.24) is 14.5 Å². The third-order valence-electron chi connectivity index (χ3n) is 4.67. The molecule has 2 atom stereocenters. The second-order valence-electron chi connectivity index (χ2n) is 6.38. The minimum Gasteiger partial charge on any atom is -0.380 e. The standard InChI is InChI=1S/C18H24FN3O/c1-21-10-16(20-13-21)11-22-8-7-15(18(12-22)23-2)9-14-5-3-4-6-17(14)19/h3-6,10,13,15,18H,7-9,11-12H2,1-2H3/t15-,18-/m1/s1. The number of piperidine rings is 1. The van der Waals surface area contributed by atoms with E-state index in [0.29, 0.717) is 5.92 Å². The van der Waals surface area contributed by atoms with E-state index in [4.69, 9.17) is 4.74 Å². The summed E-state index contributed by atoms with van der Waals surface area (Å²) in [7, 11) is 3.73. The number of ether oxygens (including phenoxy) is 1. The highest BCUT2D eigenvalue weighted by atomic mass is 19.1. The second-order valence-corrected chi connectivity index (χ2v) is 6.38. The van der Waals surface area contributed by atoms with E-state index in [1.807, 2.05) is 36.3 Å². The molecule has 5 heteroatoms. The van der Waals surface area contributed by atoms with Gasteiger partial charge in [-0.25, -0.2) is 9.37 Å². The molecule has 1 aromatic heterocycles. The van der Waals surface area contributed by atoms with Crippen molar-refractivity contribution in [3.8, 4) is 0 Å². The van der Waals surface area contributed by atoms with Gasteiger partial charge < -0.3 is 9.30 Å². The number of methoxy groups -OCH3 is 1. The number of nitrogens with zero attached hydrogens (tertiary/aromatic N) is 3. The molecule has 1 aliphatic heterocycles. The van der Waals surface area contributed by atoms with Crippen LogP contribution in [0.1, 0.15) is 17.7 Å². The zero-order chi connectivity index (χ0) is 16.2. The summed E-state index contributed by atoms with van der Waals surface area (Å²) in [5.74, 6) is 0.246. The predicted molar refractivity (Wildman–Crippen MR) is 87.5 cm³/mol. The molecule has 0 N–H and O–H groups in total. The molecule has 23 heavy (non-hydrogen) atoms. The van der Waals surface area contributed by atoms with Crippen LogP contribution >= 0.6 is 0 Å². The number of likely N-dealkylation sites (tertiary alicyclic amines) is 1. The van der Waals surface area contributed by atoms with Crippen LogP contribution in [0.3, 0.4) is 0 Å². The van der Waals surface area contributed by atoms with Crippen molar-refractivity contribution >= 4 is 0 Å². The van der Waals surface area contributed by atoms with Gasteiger partial charge in [0.1, 0.15) is 5.82 Å². The lowest BCUT2D eigenvalue weighted by Crippen LogP contribution is -2.45. The fourth-order valence-electron chi connectivity index (χ4n) is 3.40. The Kier molecular flexibility index (Phi) is 5.08. The maximum Gasteiger partial charge on any atom is 0.126 e. The van der Waals surface area contributed by atoms with Crippen LogP contribution in [0.4, 0.5) is 4.39 Å². The lowest BCUT2D eigenvalue weighted by atomic mass is 9.87. The minimum absolute atomic E-state index is 0.113. The molecule has 0 unspecified atom stereocenters. The quantitative estimate of drug-likeness (QED) is 0.849. The number of aromatic nitrogens is 2. The van der Waals surface area contributed by atoms with Crippen LogP contribution in [0.25, 0.3) is 0 Å². The molecule has 0 aliphatic carbocycles. The molecule has 0 amide bonds. The van der Waals surface area contributed by atoms with E-state index in [1.54, 1.807) is 13.2 Å². The molecule has 0 saturated carbocycles. The number of hydrogen-bond acceptors (Lipinski definition) is 3. The maximum absolute atomic E-state index is 13.9. The van der Waals surface area contributed by atoms with Crippen molar-refractivity contribution in [1.29, 1.82) is 0 Å². The molecule has 0 bridgehead atoms. The van der Waals surface area contributed by atoms with Crippen LogP contribution in [0, 0.1) is 11.7 Å². The smallest absolute Gasteiger partial charge is 0.126 e. The van der Waals surface area contributed by atoms with E-state index in [2.05, 4.69) is 9.88 Å². The molecule has 1 fully saturated rings. The number of imidazole rings is 1. The average Bonchev–Trinajstić information content (AvgIpc) is 2.96. The summed E-state index contributed by atoms with van der Waals surface area (Å²) in [6.07, 6.45) is 5.76. The van der Waals surface area contributed by atoms with Crippen molar-refractivity contribution in [3.63, 3.8) is 0 Å². The summed E-state index contributed by atoms with van der Waals surface area (Å²) < 4.78 is 21.5. The summed E-state index contributed by atoms with van der Waals surface area (Å²) in [6, 6.07) is 7.05. The Balaban J connectivity index is 1.61. The molecule has 0 spiro atoms. The van der Waals surface area contributed by atoms with Crippen LogP contribution < -0.4 is 0 Å². The van der Waals surface area contributed by atoms with Gasteiger partial charge in [0, 0.05) is 33.4 Å². The van der Waals surface area contributed by atoms with Crippen LogP contribution in [0.5, 0.6) is 0 Å². The van der Waals surface area contributed by atoms with Gasteiger partial charge in [0.15, 0.2) is 0 Å². The molecule has 2 aromatic rings. The zero-order valence-corrected chi connectivity index (χ0v) is 13.8. The van der Waals surface area contributed by atoms with Gasteiger partial charge in [0.05, 0.1) is 18.1 Å². The lowest BCUT2D eigenvalue weighted by Gasteiger charge is -2.37. The summed E-state index contributed by atoms with van der Waals surface area (Å²) >= 11 is 0. The highest BCUT2D eigenvalue weighted by Crippen LogP contribution is 2.26. The highest BCUT2D eigenvalue weighted by Gasteiger charge is 2.30. The molecule has 1 aliphatic rings. The SMILES string of the molecule is CO[C@@H]1CN(Cc2cn(C)cn2)CC[C@@H]1Cc1ccccc1F. The third-order valence-corrected chi connectivity index (χ3v) is 4.67. The Labute approximate surface area is 136 Å². The molecular formula is C18H24FN3O. The first-order valence-corrected chi connectivity index (χ1v) is 8.11. The van der Waals surface area contributed by atoms with E-state index in [9.17, 15) is 4.39 Å². The Morgan fingerprint density at radius 3 is 2.87 bits per heavy atom. The van der Waals surface area contributed by atoms with Gasteiger partial charge in [-0.15, -0.1) is 0 Å². The van der Waals surface area contributed by atoms with Gasteiger partial charge in [-0.1, -0.05) is 18.2 Å². The van der Waals surface area contributed by atoms with Crippen LogP contribution in [0.15, 0.2) is 36.8 Å². The number of benzene rings is 1. The van der Waals surface area contributed by atoms with Crippen LogP contribution in [-0.4, -0.2) is 40.8 Å². The maximum atomic E-state index is 13.9. The largest absolute Gasteiger partial charge is 0.380 e. The van der Waals surface area contributed by atoms with Crippen LogP contribution in [-0.2, 0) is 24.8 Å². The summed E-state index contributed by atoms with van der Waals surface area (Å²) in [4.78, 5) is 6.76. The van der Waals surface area contributed by atoms with Gasteiger partial charge in [0.2, 0.25) is 0 Å². The Morgan fingerprint density at radius 2 is 2.17 bits per heavy atom. The number of hydrogen-bond donors (Lipinski definition) is 0. The number of halogens is 1. The normalized spacial score (nSPS) is 22.4. The fourth-order valence-corrected chi connectivity index (χ4v) is 3.40. The number of rotatable bonds is 5. The van der Waals surface area contributed by atoms with E-state index < -0.39 is 0 Å². The highest BCUT2D eigenvalue weighted by molar-refractivity contribution is 5.18. The Hall–Kier alpha value is -1.72. The van der Waals surface area contributed by atoms with Crippen molar-refractivity contribution < 1.29 is 9.13 Å². The molecule has 1 aromatic carbocycles. The number of aryl methyl sites for hydroxylation is 1. The summed E-state index contributed by atoms with van der Waals surface area (Å²) in [6.45, 7) is 2.70. The molecule has 124 valence electrons. The molecule has 2 heterocycles. The Morgan fingerprint density at radius 1 is 1.35 bits per heavy atom. The third kappa shape index (κ3) is 3.98. The van der Waals surface area contributed by atoms with Gasteiger partial charge >= 0.3 is 0 Å². The van der Waals surface area contributed by atoms with Gasteiger partial charge in [0.25, 0.3) is 0 Å². The van der Waals surface area contributed by atoms with Gasteiger partial charge in [-0.2, -0.15) is 0 Å².